The van der Waals surface area contributed by atoms with E-state index < -0.39 is 79.4 Å². The second-order valence-electron chi connectivity index (χ2n) is 8.49. The van der Waals surface area contributed by atoms with Gasteiger partial charge in [-0.05, 0) is 17.7 Å². The largest absolute Gasteiger partial charge is 0.435 e. The summed E-state index contributed by atoms with van der Waals surface area (Å²) >= 11 is 0. The molecule has 1 aromatic carbocycles. The van der Waals surface area contributed by atoms with Gasteiger partial charge in [0.05, 0.1) is 31.3 Å². The van der Waals surface area contributed by atoms with Crippen LogP contribution < -0.4 is 10.6 Å². The van der Waals surface area contributed by atoms with Crippen LogP contribution in [-0.4, -0.2) is 70.2 Å². The molecule has 0 spiro atoms. The Balaban J connectivity index is 1.69. The molecular formula is C22H18F8N6O3. The van der Waals surface area contributed by atoms with E-state index in [9.17, 15) is 49.5 Å². The number of likely N-dealkylation sites (tertiary alicyclic amines) is 1. The maximum atomic E-state index is 13.5. The highest BCUT2D eigenvalue weighted by Gasteiger charge is 2.47. The van der Waals surface area contributed by atoms with Crippen molar-refractivity contribution in [2.45, 2.75) is 37.3 Å². The first kappa shape index (κ1) is 29.3. The summed E-state index contributed by atoms with van der Waals surface area (Å²) in [5.74, 6) is -6.81. The number of nitrogens with zero attached hydrogens (tertiary/aromatic N) is 4. The van der Waals surface area contributed by atoms with Crippen molar-refractivity contribution in [1.29, 1.82) is 5.26 Å². The molecule has 0 saturated carbocycles. The van der Waals surface area contributed by atoms with Crippen LogP contribution in [0.25, 0.3) is 0 Å². The minimum Gasteiger partial charge on any atom is -0.343 e. The van der Waals surface area contributed by atoms with Crippen LogP contribution in [0.1, 0.15) is 38.4 Å². The maximum absolute atomic E-state index is 13.5. The van der Waals surface area contributed by atoms with E-state index in [2.05, 4.69) is 5.10 Å². The average molecular weight is 566 g/mol. The summed E-state index contributed by atoms with van der Waals surface area (Å²) in [6.45, 7) is -3.92. The monoisotopic (exact) mass is 566 g/mol. The Bertz CT molecular complexity index is 1280. The molecule has 1 saturated heterocycles. The van der Waals surface area contributed by atoms with Gasteiger partial charge in [-0.25, -0.2) is 8.78 Å². The van der Waals surface area contributed by atoms with Crippen LogP contribution in [0.5, 0.6) is 0 Å². The van der Waals surface area contributed by atoms with Crippen LogP contribution in [0.3, 0.4) is 0 Å². The second kappa shape index (κ2) is 10.9. The number of halogens is 8. The van der Waals surface area contributed by atoms with Gasteiger partial charge in [-0.3, -0.25) is 19.1 Å². The molecule has 2 N–H and O–H groups in total. The SMILES string of the molecule is N#C[C@@H]1CC(F)(F)CN1C(=O)CNC(=O)c1cn(Cc2ccc(C(=O)NCC(F)(F)F)cc2)nc1C(F)(F)F. The smallest absolute Gasteiger partial charge is 0.343 e. The van der Waals surface area contributed by atoms with Crippen molar-refractivity contribution in [3.8, 4) is 6.07 Å². The number of nitriles is 1. The van der Waals surface area contributed by atoms with Gasteiger partial charge in [-0.1, -0.05) is 12.1 Å². The molecule has 1 fully saturated rings. The molecular weight excluding hydrogens is 548 g/mol. The van der Waals surface area contributed by atoms with Crippen molar-refractivity contribution in [3.63, 3.8) is 0 Å². The standard InChI is InChI=1S/C22H18F8N6O3/c23-20(24)5-14(6-31)36(11-20)16(37)7-32-19(39)15-9-35(34-17(15)22(28,29)30)8-12-1-3-13(4-2-12)18(38)33-10-21(25,26)27/h1-4,9,14H,5,7-8,10-11H2,(H,32,39)(H,33,38)/t14-/m0/s1. The molecule has 3 rings (SSSR count). The topological polar surface area (TPSA) is 120 Å². The van der Waals surface area contributed by atoms with Gasteiger partial charge >= 0.3 is 12.4 Å². The predicted molar refractivity (Wildman–Crippen MR) is 114 cm³/mol. The van der Waals surface area contributed by atoms with Crippen LogP contribution in [0.2, 0.25) is 0 Å². The lowest BCUT2D eigenvalue weighted by Gasteiger charge is -2.19. The third-order valence-electron chi connectivity index (χ3n) is 5.42. The molecule has 0 unspecified atom stereocenters. The van der Waals surface area contributed by atoms with Gasteiger partial charge in [0.2, 0.25) is 5.91 Å². The van der Waals surface area contributed by atoms with Gasteiger partial charge in [0.25, 0.3) is 17.7 Å². The van der Waals surface area contributed by atoms with E-state index in [0.29, 0.717) is 4.90 Å². The number of aromatic nitrogens is 2. The van der Waals surface area contributed by atoms with Gasteiger partial charge in [0, 0.05) is 18.2 Å². The van der Waals surface area contributed by atoms with Crippen LogP contribution in [0.4, 0.5) is 35.1 Å². The van der Waals surface area contributed by atoms with Crippen LogP contribution in [-0.2, 0) is 17.5 Å². The lowest BCUT2D eigenvalue weighted by atomic mass is 10.1. The number of carbonyl (C=O) groups is 3. The highest BCUT2D eigenvalue weighted by atomic mass is 19.4. The number of amides is 3. The van der Waals surface area contributed by atoms with E-state index in [4.69, 9.17) is 5.26 Å². The molecule has 2 aromatic rings. The molecule has 0 aliphatic carbocycles. The van der Waals surface area contributed by atoms with Crippen molar-refractivity contribution in [2.24, 2.45) is 0 Å². The summed E-state index contributed by atoms with van der Waals surface area (Å²) in [5.41, 5.74) is -2.43. The van der Waals surface area contributed by atoms with Crippen molar-refractivity contribution >= 4 is 17.7 Å². The number of hydrogen-bond donors (Lipinski definition) is 2. The molecule has 1 aromatic heterocycles. The molecule has 39 heavy (non-hydrogen) atoms. The zero-order valence-corrected chi connectivity index (χ0v) is 19.5. The summed E-state index contributed by atoms with van der Waals surface area (Å²) in [6.07, 6.45) is -9.89. The third kappa shape index (κ3) is 7.65. The molecule has 1 aliphatic rings. The number of alkyl halides is 8. The van der Waals surface area contributed by atoms with Gasteiger partial charge in [-0.2, -0.15) is 36.7 Å². The van der Waals surface area contributed by atoms with Gasteiger partial charge in [0.15, 0.2) is 5.69 Å². The Morgan fingerprint density at radius 3 is 2.26 bits per heavy atom. The summed E-state index contributed by atoms with van der Waals surface area (Å²) in [4.78, 5) is 37.0. The highest BCUT2D eigenvalue weighted by molar-refractivity contribution is 5.97. The highest BCUT2D eigenvalue weighted by Crippen LogP contribution is 2.32. The number of nitrogens with one attached hydrogen (secondary N) is 2. The Morgan fingerprint density at radius 1 is 1.05 bits per heavy atom. The van der Waals surface area contributed by atoms with E-state index in [-0.39, 0.29) is 17.7 Å². The second-order valence-corrected chi connectivity index (χ2v) is 8.49. The minimum absolute atomic E-state index is 0.140. The normalized spacial score (nSPS) is 17.0. The van der Waals surface area contributed by atoms with E-state index in [1.807, 2.05) is 5.32 Å². The molecule has 3 amide bonds. The van der Waals surface area contributed by atoms with Crippen molar-refractivity contribution < 1.29 is 49.5 Å². The van der Waals surface area contributed by atoms with Crippen LogP contribution in [0.15, 0.2) is 30.5 Å². The lowest BCUT2D eigenvalue weighted by molar-refractivity contribution is -0.141. The predicted octanol–water partition coefficient (Wildman–Crippen LogP) is 2.73. The third-order valence-corrected chi connectivity index (χ3v) is 5.42. The lowest BCUT2D eigenvalue weighted by Crippen LogP contribution is -2.43. The summed E-state index contributed by atoms with van der Waals surface area (Å²) in [7, 11) is 0. The molecule has 1 atom stereocenters. The first-order valence-electron chi connectivity index (χ1n) is 10.9. The number of hydrogen-bond acceptors (Lipinski definition) is 5. The fourth-order valence-electron chi connectivity index (χ4n) is 3.66. The van der Waals surface area contributed by atoms with E-state index in [1.54, 1.807) is 5.32 Å². The average Bonchev–Trinajstić information content (AvgIpc) is 3.41. The zero-order valence-electron chi connectivity index (χ0n) is 19.5. The first-order chi connectivity index (χ1) is 18.0. The molecule has 210 valence electrons. The fourth-order valence-corrected chi connectivity index (χ4v) is 3.66. The van der Waals surface area contributed by atoms with E-state index >= 15 is 0 Å². The zero-order chi connectivity index (χ0) is 29.2. The molecule has 17 heteroatoms. The Hall–Kier alpha value is -4.23. The Kier molecular flexibility index (Phi) is 8.17. The Labute approximate surface area is 214 Å². The van der Waals surface area contributed by atoms with Gasteiger partial charge < -0.3 is 15.5 Å². The Morgan fingerprint density at radius 2 is 1.69 bits per heavy atom. The van der Waals surface area contributed by atoms with Crippen LogP contribution >= 0.6 is 0 Å². The minimum atomic E-state index is -5.09. The molecule has 9 nitrogen and oxygen atoms in total. The molecule has 0 bridgehead atoms. The van der Waals surface area contributed by atoms with Crippen molar-refractivity contribution in [1.82, 2.24) is 25.3 Å². The van der Waals surface area contributed by atoms with E-state index in [0.717, 1.165) is 23.0 Å². The maximum Gasteiger partial charge on any atom is 0.435 e. The quantitative estimate of drug-likeness (QED) is 0.500. The summed E-state index contributed by atoms with van der Waals surface area (Å²) in [5, 5.41) is 15.9. The fraction of sp³-hybridized carbons (Fsp3) is 0.409. The van der Waals surface area contributed by atoms with Gasteiger partial charge in [0.1, 0.15) is 12.6 Å². The number of benzene rings is 1. The molecule has 1 aliphatic heterocycles. The number of carbonyl (C=O) groups excluding carboxylic acids is 3. The van der Waals surface area contributed by atoms with Crippen LogP contribution in [0, 0.1) is 11.3 Å². The summed E-state index contributed by atoms with van der Waals surface area (Å²) in [6, 6.07) is 4.87. The molecule has 2 heterocycles. The summed E-state index contributed by atoms with van der Waals surface area (Å²) < 4.78 is 105. The van der Waals surface area contributed by atoms with E-state index in [1.165, 1.54) is 18.2 Å². The first-order valence-corrected chi connectivity index (χ1v) is 10.9. The van der Waals surface area contributed by atoms with Crippen molar-refractivity contribution in [2.75, 3.05) is 19.6 Å². The number of rotatable bonds is 7. The van der Waals surface area contributed by atoms with Crippen molar-refractivity contribution in [3.05, 3.63) is 52.8 Å². The van der Waals surface area contributed by atoms with Gasteiger partial charge in [-0.15, -0.1) is 0 Å². The molecule has 0 radical (unpaired) electrons.